The van der Waals surface area contributed by atoms with Crippen molar-refractivity contribution in [2.45, 2.75) is 31.6 Å². The number of hydrogen-bond donors (Lipinski definition) is 0. The fraction of sp³-hybridized carbons (Fsp3) is 0.409. The second-order valence-corrected chi connectivity index (χ2v) is 8.18. The quantitative estimate of drug-likeness (QED) is 0.793. The van der Waals surface area contributed by atoms with Crippen molar-refractivity contribution in [3.8, 4) is 0 Å². The van der Waals surface area contributed by atoms with E-state index >= 15 is 0 Å². The summed E-state index contributed by atoms with van der Waals surface area (Å²) < 4.78 is 0. The lowest BCUT2D eigenvalue weighted by atomic mass is 9.64. The maximum atomic E-state index is 12.7. The van der Waals surface area contributed by atoms with Crippen molar-refractivity contribution in [1.82, 2.24) is 0 Å². The van der Waals surface area contributed by atoms with Gasteiger partial charge in [-0.3, -0.25) is 4.79 Å². The van der Waals surface area contributed by atoms with Gasteiger partial charge in [0, 0.05) is 17.8 Å². The summed E-state index contributed by atoms with van der Waals surface area (Å²) in [5.74, 6) is 2.33. The van der Waals surface area contributed by atoms with Gasteiger partial charge in [0.05, 0.1) is 0 Å². The molecule has 1 heteroatoms. The number of carbonyl (C=O) groups is 1. The van der Waals surface area contributed by atoms with Crippen molar-refractivity contribution in [3.63, 3.8) is 0 Å². The maximum Gasteiger partial charge on any atom is 0.137 e. The van der Waals surface area contributed by atoms with E-state index in [4.69, 9.17) is 0 Å². The van der Waals surface area contributed by atoms with Crippen LogP contribution in [0.2, 0.25) is 0 Å². The standard InChI is InChI=1S/C22H22O/c1-21(2)18(14-9-5-3-6-10-14)16-13-17(23)20-19(16)22(20,21)15-11-7-4-8-12-15/h3-12,16,18-20H,13H2,1-2H3. The van der Waals surface area contributed by atoms with Gasteiger partial charge in [-0.2, -0.15) is 0 Å². The van der Waals surface area contributed by atoms with Crippen LogP contribution in [-0.4, -0.2) is 5.78 Å². The molecule has 0 aliphatic heterocycles. The first-order valence-electron chi connectivity index (χ1n) is 8.73. The molecule has 2 aromatic carbocycles. The summed E-state index contributed by atoms with van der Waals surface area (Å²) in [5, 5.41) is 0. The molecule has 0 heterocycles. The fourth-order valence-electron chi connectivity index (χ4n) is 6.67. The summed E-state index contributed by atoms with van der Waals surface area (Å²) in [6.45, 7) is 4.81. The highest BCUT2D eigenvalue weighted by Gasteiger charge is 2.85. The number of hydrogen-bond acceptors (Lipinski definition) is 1. The van der Waals surface area contributed by atoms with Gasteiger partial charge in [0.1, 0.15) is 5.78 Å². The van der Waals surface area contributed by atoms with Gasteiger partial charge in [-0.05, 0) is 34.3 Å². The lowest BCUT2D eigenvalue weighted by Crippen LogP contribution is -2.34. The summed E-state index contributed by atoms with van der Waals surface area (Å²) in [6.07, 6.45) is 0.785. The Labute approximate surface area is 137 Å². The summed E-state index contributed by atoms with van der Waals surface area (Å²) in [7, 11) is 0. The van der Waals surface area contributed by atoms with E-state index < -0.39 is 0 Å². The van der Waals surface area contributed by atoms with Gasteiger partial charge < -0.3 is 0 Å². The van der Waals surface area contributed by atoms with Crippen LogP contribution < -0.4 is 0 Å². The molecule has 0 amide bonds. The van der Waals surface area contributed by atoms with Crippen LogP contribution in [0.5, 0.6) is 0 Å². The summed E-state index contributed by atoms with van der Waals surface area (Å²) in [4.78, 5) is 12.7. The Kier molecular flexibility index (Phi) is 2.44. The van der Waals surface area contributed by atoms with E-state index in [1.807, 2.05) is 0 Å². The predicted octanol–water partition coefficient (Wildman–Crippen LogP) is 4.58. The zero-order chi connectivity index (χ0) is 15.8. The number of carbonyl (C=O) groups excluding carboxylic acids is 1. The molecule has 0 aromatic heterocycles. The Morgan fingerprint density at radius 1 is 0.870 bits per heavy atom. The van der Waals surface area contributed by atoms with Crippen LogP contribution in [0, 0.1) is 23.2 Å². The first kappa shape index (κ1) is 13.5. The monoisotopic (exact) mass is 302 g/mol. The highest BCUT2D eigenvalue weighted by atomic mass is 16.1. The Hall–Kier alpha value is -1.89. The smallest absolute Gasteiger partial charge is 0.137 e. The van der Waals surface area contributed by atoms with Crippen molar-refractivity contribution in [1.29, 1.82) is 0 Å². The van der Waals surface area contributed by atoms with Gasteiger partial charge in [-0.25, -0.2) is 0 Å². The van der Waals surface area contributed by atoms with Crippen LogP contribution >= 0.6 is 0 Å². The third kappa shape index (κ3) is 1.38. The molecule has 5 rings (SSSR count). The van der Waals surface area contributed by atoms with Gasteiger partial charge >= 0.3 is 0 Å². The van der Waals surface area contributed by atoms with Crippen LogP contribution in [0.25, 0.3) is 0 Å². The maximum absolute atomic E-state index is 12.7. The van der Waals surface area contributed by atoms with E-state index in [2.05, 4.69) is 74.5 Å². The molecule has 23 heavy (non-hydrogen) atoms. The minimum Gasteiger partial charge on any atom is -0.299 e. The van der Waals surface area contributed by atoms with E-state index in [9.17, 15) is 4.79 Å². The zero-order valence-corrected chi connectivity index (χ0v) is 13.7. The second kappa shape index (κ2) is 4.14. The van der Waals surface area contributed by atoms with Crippen LogP contribution in [0.15, 0.2) is 60.7 Å². The second-order valence-electron chi connectivity index (χ2n) is 8.18. The van der Waals surface area contributed by atoms with Gasteiger partial charge in [0.15, 0.2) is 0 Å². The van der Waals surface area contributed by atoms with Crippen molar-refractivity contribution in [2.24, 2.45) is 23.2 Å². The lowest BCUT2D eigenvalue weighted by Gasteiger charge is -2.39. The van der Waals surface area contributed by atoms with E-state index in [1.54, 1.807) is 0 Å². The van der Waals surface area contributed by atoms with Gasteiger partial charge in [0.25, 0.3) is 0 Å². The fourth-order valence-corrected chi connectivity index (χ4v) is 6.67. The molecule has 116 valence electrons. The largest absolute Gasteiger partial charge is 0.299 e. The van der Waals surface area contributed by atoms with E-state index in [-0.39, 0.29) is 16.7 Å². The van der Waals surface area contributed by atoms with E-state index in [0.29, 0.717) is 23.5 Å². The van der Waals surface area contributed by atoms with Crippen LogP contribution in [0.4, 0.5) is 0 Å². The summed E-state index contributed by atoms with van der Waals surface area (Å²) in [6, 6.07) is 21.7. The highest BCUT2D eigenvalue weighted by Crippen LogP contribution is 2.85. The Morgan fingerprint density at radius 3 is 2.13 bits per heavy atom. The van der Waals surface area contributed by atoms with Crippen LogP contribution in [0.1, 0.15) is 37.3 Å². The van der Waals surface area contributed by atoms with Crippen molar-refractivity contribution < 1.29 is 4.79 Å². The molecule has 0 spiro atoms. The SMILES string of the molecule is CC1(C)C(c2ccccc2)C2CC(=O)C3C2C31c1ccccc1. The van der Waals surface area contributed by atoms with Gasteiger partial charge in [-0.1, -0.05) is 74.5 Å². The number of benzene rings is 2. The van der Waals surface area contributed by atoms with Crippen molar-refractivity contribution in [3.05, 3.63) is 71.8 Å². The van der Waals surface area contributed by atoms with Gasteiger partial charge in [0.2, 0.25) is 0 Å². The Morgan fingerprint density at radius 2 is 1.48 bits per heavy atom. The van der Waals surface area contributed by atoms with E-state index in [1.165, 1.54) is 11.1 Å². The first-order valence-corrected chi connectivity index (χ1v) is 8.73. The van der Waals surface area contributed by atoms with Crippen molar-refractivity contribution in [2.75, 3.05) is 0 Å². The van der Waals surface area contributed by atoms with Gasteiger partial charge in [-0.15, -0.1) is 0 Å². The molecule has 5 atom stereocenters. The van der Waals surface area contributed by atoms with Crippen LogP contribution in [0.3, 0.4) is 0 Å². The number of rotatable bonds is 2. The number of ketones is 1. The average Bonchev–Trinajstić information content (AvgIpc) is 3.13. The molecule has 3 aliphatic carbocycles. The molecule has 0 saturated heterocycles. The molecule has 3 aliphatic rings. The van der Waals surface area contributed by atoms with E-state index in [0.717, 1.165) is 6.42 Å². The zero-order valence-electron chi connectivity index (χ0n) is 13.7. The minimum absolute atomic E-state index is 0.0643. The third-order valence-electron chi connectivity index (χ3n) is 7.19. The van der Waals surface area contributed by atoms with Crippen molar-refractivity contribution >= 4 is 5.78 Å². The Bertz CT molecular complexity index is 776. The molecular formula is C22H22O. The normalized spacial score (nSPS) is 39.3. The average molecular weight is 302 g/mol. The molecule has 2 aromatic rings. The summed E-state index contributed by atoms with van der Waals surface area (Å²) in [5.41, 5.74) is 2.98. The molecule has 0 radical (unpaired) electrons. The summed E-state index contributed by atoms with van der Waals surface area (Å²) >= 11 is 0. The first-order chi connectivity index (χ1) is 11.1. The molecule has 0 N–H and O–H groups in total. The molecule has 3 saturated carbocycles. The lowest BCUT2D eigenvalue weighted by molar-refractivity contribution is -0.119. The highest BCUT2D eigenvalue weighted by molar-refractivity contribution is 5.92. The molecule has 0 bridgehead atoms. The predicted molar refractivity (Wildman–Crippen MR) is 91.2 cm³/mol. The molecular weight excluding hydrogens is 280 g/mol. The third-order valence-corrected chi connectivity index (χ3v) is 7.19. The number of Topliss-reactive ketones (excluding diaryl/α,β-unsaturated/α-hetero) is 1. The molecule has 5 unspecified atom stereocenters. The Balaban J connectivity index is 1.71. The van der Waals surface area contributed by atoms with Crippen LogP contribution in [-0.2, 0) is 10.2 Å². The minimum atomic E-state index is 0.0643. The molecule has 1 nitrogen and oxygen atoms in total. The number of fused-ring (bicyclic) bond motifs is 1. The molecule has 3 fully saturated rings. The topological polar surface area (TPSA) is 17.1 Å².